The fraction of sp³-hybridized carbons (Fsp3) is 0.278. The fourth-order valence-electron chi connectivity index (χ4n) is 3.55. The van der Waals surface area contributed by atoms with Gasteiger partial charge in [-0.15, -0.1) is 11.3 Å². The number of imide groups is 1. The van der Waals surface area contributed by atoms with Crippen molar-refractivity contribution in [1.29, 1.82) is 0 Å². The second kappa shape index (κ2) is 7.52. The van der Waals surface area contributed by atoms with Gasteiger partial charge in [0.25, 0.3) is 21.8 Å². The second-order valence-electron chi connectivity index (χ2n) is 6.69. The predicted octanol–water partition coefficient (Wildman–Crippen LogP) is 2.47. The summed E-state index contributed by atoms with van der Waals surface area (Å²) in [5.41, 5.74) is 0.438. The highest BCUT2D eigenvalue weighted by Crippen LogP contribution is 2.32. The zero-order valence-electron chi connectivity index (χ0n) is 15.0. The number of nitrogens with zero attached hydrogens (tertiary/aromatic N) is 1. The third-order valence-electron chi connectivity index (χ3n) is 4.89. The van der Waals surface area contributed by atoms with Gasteiger partial charge in [-0.05, 0) is 37.1 Å². The minimum atomic E-state index is -3.89. The van der Waals surface area contributed by atoms with E-state index in [-0.39, 0.29) is 27.6 Å². The van der Waals surface area contributed by atoms with Crippen LogP contribution in [0.25, 0.3) is 0 Å². The summed E-state index contributed by atoms with van der Waals surface area (Å²) in [5, 5.41) is 4.83. The van der Waals surface area contributed by atoms with Crippen LogP contribution in [-0.2, 0) is 14.8 Å². The summed E-state index contributed by atoms with van der Waals surface area (Å²) in [5.74, 6) is -1.67. The number of halogens is 1. The molecule has 29 heavy (non-hydrogen) atoms. The van der Waals surface area contributed by atoms with Gasteiger partial charge in [-0.1, -0.05) is 24.1 Å². The topological polar surface area (TPSA) is 113 Å². The van der Waals surface area contributed by atoms with Gasteiger partial charge in [0.1, 0.15) is 10.3 Å². The number of carbonyl (C=O) groups excluding carboxylic acids is 3. The third-order valence-corrected chi connectivity index (χ3v) is 8.50. The van der Waals surface area contributed by atoms with Gasteiger partial charge in [0.15, 0.2) is 0 Å². The number of piperidine rings is 1. The molecule has 11 heteroatoms. The minimum Gasteiger partial charge on any atom is -0.324 e. The van der Waals surface area contributed by atoms with Gasteiger partial charge in [-0.2, -0.15) is 4.31 Å². The molecule has 3 heterocycles. The minimum absolute atomic E-state index is 0.0766. The Hall–Kier alpha value is -2.27. The number of amides is 3. The Balaban J connectivity index is 1.63. The van der Waals surface area contributed by atoms with E-state index in [2.05, 4.69) is 10.6 Å². The van der Waals surface area contributed by atoms with Crippen molar-refractivity contribution in [2.24, 2.45) is 0 Å². The van der Waals surface area contributed by atoms with Gasteiger partial charge in [-0.3, -0.25) is 19.7 Å². The van der Waals surface area contributed by atoms with Crippen LogP contribution in [0.2, 0.25) is 4.34 Å². The lowest BCUT2D eigenvalue weighted by Gasteiger charge is -2.33. The Labute approximate surface area is 175 Å². The largest absolute Gasteiger partial charge is 0.324 e. The first kappa shape index (κ1) is 20.0. The molecule has 2 aromatic rings. The van der Waals surface area contributed by atoms with Crippen molar-refractivity contribution in [3.63, 3.8) is 0 Å². The molecule has 0 aliphatic carbocycles. The highest BCUT2D eigenvalue weighted by atomic mass is 35.5. The van der Waals surface area contributed by atoms with Gasteiger partial charge in [0.05, 0.1) is 21.2 Å². The molecule has 2 aliphatic heterocycles. The number of rotatable bonds is 4. The number of hydrogen-bond donors (Lipinski definition) is 2. The average molecular weight is 454 g/mol. The van der Waals surface area contributed by atoms with E-state index >= 15 is 0 Å². The third kappa shape index (κ3) is 3.57. The van der Waals surface area contributed by atoms with Crippen LogP contribution in [0.3, 0.4) is 0 Å². The molecule has 0 radical (unpaired) electrons. The lowest BCUT2D eigenvalue weighted by atomic mass is 10.0. The van der Waals surface area contributed by atoms with Crippen LogP contribution in [0, 0.1) is 0 Å². The molecule has 1 unspecified atom stereocenters. The Kier molecular flexibility index (Phi) is 5.19. The maximum atomic E-state index is 13.0. The van der Waals surface area contributed by atoms with Crippen molar-refractivity contribution in [3.05, 3.63) is 45.8 Å². The van der Waals surface area contributed by atoms with E-state index in [1.165, 1.54) is 28.6 Å². The first-order chi connectivity index (χ1) is 13.8. The number of carbonyl (C=O) groups is 3. The molecule has 152 valence electrons. The van der Waals surface area contributed by atoms with Crippen LogP contribution in [0.15, 0.2) is 34.5 Å². The second-order valence-corrected chi connectivity index (χ2v) is 10.5. The molecular weight excluding hydrogens is 438 g/mol. The Morgan fingerprint density at radius 2 is 1.97 bits per heavy atom. The maximum Gasteiger partial charge on any atom is 0.261 e. The monoisotopic (exact) mass is 453 g/mol. The quantitative estimate of drug-likeness (QED) is 0.690. The Morgan fingerprint density at radius 1 is 1.17 bits per heavy atom. The lowest BCUT2D eigenvalue weighted by Crippen LogP contribution is -2.49. The smallest absolute Gasteiger partial charge is 0.261 e. The molecule has 8 nitrogen and oxygen atoms in total. The normalized spacial score (nSPS) is 19.7. The predicted molar refractivity (Wildman–Crippen MR) is 108 cm³/mol. The van der Waals surface area contributed by atoms with E-state index < -0.39 is 33.8 Å². The molecule has 4 rings (SSSR count). The van der Waals surface area contributed by atoms with E-state index in [9.17, 15) is 22.8 Å². The summed E-state index contributed by atoms with van der Waals surface area (Å²) in [6.07, 6.45) is 1.69. The first-order valence-corrected chi connectivity index (χ1v) is 11.5. The highest BCUT2D eigenvalue weighted by Gasteiger charge is 2.39. The molecular formula is C18H16ClN3O5S2. The Bertz CT molecular complexity index is 1130. The summed E-state index contributed by atoms with van der Waals surface area (Å²) in [7, 11) is -3.89. The summed E-state index contributed by atoms with van der Waals surface area (Å²) in [6, 6.07) is 6.55. The molecule has 1 saturated heterocycles. The van der Waals surface area contributed by atoms with Crippen molar-refractivity contribution < 1.29 is 22.8 Å². The highest BCUT2D eigenvalue weighted by molar-refractivity contribution is 7.91. The zero-order valence-corrected chi connectivity index (χ0v) is 17.4. The van der Waals surface area contributed by atoms with Crippen molar-refractivity contribution in [2.45, 2.75) is 29.5 Å². The van der Waals surface area contributed by atoms with Gasteiger partial charge in [-0.25, -0.2) is 8.42 Å². The lowest BCUT2D eigenvalue weighted by molar-refractivity contribution is -0.120. The van der Waals surface area contributed by atoms with Crippen molar-refractivity contribution in [3.8, 4) is 0 Å². The SMILES string of the molecule is O=C1NC(=O)c2c(NC(=O)C3CCCCN3S(=O)(=O)c3ccc(Cl)s3)cccc21. The van der Waals surface area contributed by atoms with Gasteiger partial charge >= 0.3 is 0 Å². The summed E-state index contributed by atoms with van der Waals surface area (Å²) in [6.45, 7) is 0.210. The molecule has 1 aromatic carbocycles. The van der Waals surface area contributed by atoms with Crippen LogP contribution in [0.4, 0.5) is 5.69 Å². The van der Waals surface area contributed by atoms with Gasteiger partial charge < -0.3 is 5.32 Å². The number of hydrogen-bond acceptors (Lipinski definition) is 6. The molecule has 3 amide bonds. The molecule has 0 spiro atoms. The molecule has 0 saturated carbocycles. The van der Waals surface area contributed by atoms with Crippen LogP contribution in [0.1, 0.15) is 40.0 Å². The molecule has 2 N–H and O–H groups in total. The van der Waals surface area contributed by atoms with Crippen LogP contribution >= 0.6 is 22.9 Å². The van der Waals surface area contributed by atoms with E-state index in [1.54, 1.807) is 6.07 Å². The summed E-state index contributed by atoms with van der Waals surface area (Å²) in [4.78, 5) is 36.9. The summed E-state index contributed by atoms with van der Waals surface area (Å²) >= 11 is 6.82. The van der Waals surface area contributed by atoms with Crippen molar-refractivity contribution in [2.75, 3.05) is 11.9 Å². The van der Waals surface area contributed by atoms with Crippen molar-refractivity contribution >= 4 is 56.4 Å². The molecule has 1 fully saturated rings. The maximum absolute atomic E-state index is 13.0. The molecule has 1 aromatic heterocycles. The van der Waals surface area contributed by atoms with E-state index in [0.29, 0.717) is 23.6 Å². The molecule has 2 aliphatic rings. The van der Waals surface area contributed by atoms with Gasteiger partial charge in [0.2, 0.25) is 5.91 Å². The van der Waals surface area contributed by atoms with Crippen molar-refractivity contribution in [1.82, 2.24) is 9.62 Å². The number of nitrogens with one attached hydrogen (secondary N) is 2. The number of fused-ring (bicyclic) bond motifs is 1. The average Bonchev–Trinajstić information content (AvgIpc) is 3.26. The Morgan fingerprint density at radius 3 is 2.69 bits per heavy atom. The fourth-order valence-corrected chi connectivity index (χ4v) is 6.81. The number of anilines is 1. The summed E-state index contributed by atoms with van der Waals surface area (Å²) < 4.78 is 27.7. The standard InChI is InChI=1S/C18H16ClN3O5S2/c19-13-7-8-14(28-13)29(26,27)22-9-2-1-6-12(22)17(24)20-11-5-3-4-10-15(11)18(25)21-16(10)23/h3-5,7-8,12H,1-2,6,9H2,(H,20,24)(H,21,23,25). The van der Waals surface area contributed by atoms with Crippen LogP contribution in [-0.4, -0.2) is 43.0 Å². The first-order valence-electron chi connectivity index (χ1n) is 8.86. The van der Waals surface area contributed by atoms with E-state index in [0.717, 1.165) is 11.3 Å². The van der Waals surface area contributed by atoms with E-state index in [1.807, 2.05) is 0 Å². The van der Waals surface area contributed by atoms with Crippen LogP contribution < -0.4 is 10.6 Å². The number of benzene rings is 1. The zero-order chi connectivity index (χ0) is 20.8. The number of thiophene rings is 1. The van der Waals surface area contributed by atoms with Gasteiger partial charge in [0, 0.05) is 6.54 Å². The molecule has 0 bridgehead atoms. The number of sulfonamides is 1. The molecule has 1 atom stereocenters. The van der Waals surface area contributed by atoms with E-state index in [4.69, 9.17) is 11.6 Å². The van der Waals surface area contributed by atoms with Crippen LogP contribution in [0.5, 0.6) is 0 Å².